The Hall–Kier alpha value is -1.16. The van der Waals surface area contributed by atoms with Crippen molar-refractivity contribution in [1.29, 1.82) is 0 Å². The van der Waals surface area contributed by atoms with Crippen molar-refractivity contribution in [3.8, 4) is 0 Å². The number of halogens is 1. The first-order valence-corrected chi connectivity index (χ1v) is 5.66. The van der Waals surface area contributed by atoms with Crippen LogP contribution in [-0.2, 0) is 0 Å². The van der Waals surface area contributed by atoms with Crippen LogP contribution in [-0.4, -0.2) is 28.8 Å². The molecular formula is C12H17FN2O. The number of hydrogen-bond acceptors (Lipinski definition) is 3. The second-order valence-electron chi connectivity index (χ2n) is 4.65. The summed E-state index contributed by atoms with van der Waals surface area (Å²) in [6.07, 6.45) is 3.88. The Morgan fingerprint density at radius 1 is 1.44 bits per heavy atom. The minimum Gasteiger partial charge on any atom is -0.390 e. The Balaban J connectivity index is 2.14. The zero-order valence-electron chi connectivity index (χ0n) is 9.49. The van der Waals surface area contributed by atoms with Crippen LogP contribution in [0.1, 0.15) is 26.2 Å². The number of rotatable bonds is 1. The maximum Gasteiger partial charge on any atom is 0.165 e. The van der Waals surface area contributed by atoms with Gasteiger partial charge in [-0.15, -0.1) is 0 Å². The SMILES string of the molecule is CC1(O)CCCN(c2ncccc2F)CC1. The number of aromatic nitrogens is 1. The lowest BCUT2D eigenvalue weighted by Gasteiger charge is -2.23. The second kappa shape index (κ2) is 4.37. The predicted molar refractivity (Wildman–Crippen MR) is 60.9 cm³/mol. The molecule has 2 rings (SSSR count). The molecule has 2 heterocycles. The lowest BCUT2D eigenvalue weighted by Crippen LogP contribution is -2.29. The molecule has 0 saturated carbocycles. The van der Waals surface area contributed by atoms with Crippen molar-refractivity contribution >= 4 is 5.82 Å². The third-order valence-electron chi connectivity index (χ3n) is 3.10. The number of anilines is 1. The fourth-order valence-corrected chi connectivity index (χ4v) is 2.09. The summed E-state index contributed by atoms with van der Waals surface area (Å²) < 4.78 is 13.5. The molecule has 1 unspecified atom stereocenters. The molecule has 1 N–H and O–H groups in total. The molecule has 1 atom stereocenters. The van der Waals surface area contributed by atoms with Crippen LogP contribution in [0.2, 0.25) is 0 Å². The Labute approximate surface area is 94.9 Å². The van der Waals surface area contributed by atoms with E-state index in [1.54, 1.807) is 12.3 Å². The molecule has 1 fully saturated rings. The molecule has 0 bridgehead atoms. The van der Waals surface area contributed by atoms with Gasteiger partial charge in [0.1, 0.15) is 0 Å². The van der Waals surface area contributed by atoms with Crippen LogP contribution < -0.4 is 4.90 Å². The van der Waals surface area contributed by atoms with Gasteiger partial charge in [-0.1, -0.05) is 0 Å². The van der Waals surface area contributed by atoms with Gasteiger partial charge in [0.25, 0.3) is 0 Å². The maximum absolute atomic E-state index is 13.5. The van der Waals surface area contributed by atoms with Crippen LogP contribution in [0.3, 0.4) is 0 Å². The zero-order chi connectivity index (χ0) is 11.6. The fourth-order valence-electron chi connectivity index (χ4n) is 2.09. The summed E-state index contributed by atoms with van der Waals surface area (Å²) in [5, 5.41) is 9.95. The number of aliphatic hydroxyl groups is 1. The summed E-state index contributed by atoms with van der Waals surface area (Å²) in [5.74, 6) is 0.115. The molecule has 1 aromatic heterocycles. The normalized spacial score (nSPS) is 26.6. The molecule has 0 radical (unpaired) electrons. The topological polar surface area (TPSA) is 36.4 Å². The van der Waals surface area contributed by atoms with Crippen LogP contribution in [0.5, 0.6) is 0 Å². The number of hydrogen-bond donors (Lipinski definition) is 1. The first-order valence-electron chi connectivity index (χ1n) is 5.66. The first kappa shape index (κ1) is 11.3. The van der Waals surface area contributed by atoms with Gasteiger partial charge in [-0.25, -0.2) is 9.37 Å². The van der Waals surface area contributed by atoms with Crippen molar-refractivity contribution < 1.29 is 9.50 Å². The molecule has 1 aromatic rings. The summed E-state index contributed by atoms with van der Waals surface area (Å²) in [5.41, 5.74) is -0.625. The molecule has 3 nitrogen and oxygen atoms in total. The van der Waals surface area contributed by atoms with E-state index in [4.69, 9.17) is 0 Å². The van der Waals surface area contributed by atoms with Crippen LogP contribution in [0.4, 0.5) is 10.2 Å². The lowest BCUT2D eigenvalue weighted by atomic mass is 9.98. The van der Waals surface area contributed by atoms with E-state index in [9.17, 15) is 9.50 Å². The van der Waals surface area contributed by atoms with Crippen LogP contribution in [0.15, 0.2) is 18.3 Å². The van der Waals surface area contributed by atoms with Crippen molar-refractivity contribution in [3.05, 3.63) is 24.1 Å². The highest BCUT2D eigenvalue weighted by atomic mass is 19.1. The van der Waals surface area contributed by atoms with Gasteiger partial charge in [0.2, 0.25) is 0 Å². The van der Waals surface area contributed by atoms with E-state index in [1.807, 2.05) is 11.8 Å². The van der Waals surface area contributed by atoms with Crippen LogP contribution in [0.25, 0.3) is 0 Å². The fraction of sp³-hybridized carbons (Fsp3) is 0.583. The Morgan fingerprint density at radius 2 is 2.25 bits per heavy atom. The van der Waals surface area contributed by atoms with Gasteiger partial charge in [0.05, 0.1) is 5.60 Å². The molecule has 0 aromatic carbocycles. The Morgan fingerprint density at radius 3 is 3.00 bits per heavy atom. The Kier molecular flexibility index (Phi) is 3.10. The smallest absolute Gasteiger partial charge is 0.165 e. The highest BCUT2D eigenvalue weighted by Crippen LogP contribution is 2.25. The van der Waals surface area contributed by atoms with Gasteiger partial charge in [-0.2, -0.15) is 0 Å². The van der Waals surface area contributed by atoms with E-state index in [2.05, 4.69) is 4.98 Å². The average Bonchev–Trinajstić information content (AvgIpc) is 2.40. The second-order valence-corrected chi connectivity index (χ2v) is 4.65. The van der Waals surface area contributed by atoms with E-state index in [0.717, 1.165) is 19.4 Å². The van der Waals surface area contributed by atoms with Crippen molar-refractivity contribution in [1.82, 2.24) is 4.98 Å². The minimum absolute atomic E-state index is 0.288. The van der Waals surface area contributed by atoms with Crippen LogP contribution in [0, 0.1) is 5.82 Å². The lowest BCUT2D eigenvalue weighted by molar-refractivity contribution is 0.0481. The van der Waals surface area contributed by atoms with E-state index in [-0.39, 0.29) is 5.82 Å². The molecule has 16 heavy (non-hydrogen) atoms. The standard InChI is InChI=1S/C12H17FN2O/c1-12(16)5-3-8-15(9-6-12)11-10(13)4-2-7-14-11/h2,4,7,16H,3,5-6,8-9H2,1H3. The molecule has 1 aliphatic heterocycles. The number of nitrogens with zero attached hydrogens (tertiary/aromatic N) is 2. The molecule has 1 aliphatic rings. The molecular weight excluding hydrogens is 207 g/mol. The third kappa shape index (κ3) is 2.50. The summed E-state index contributed by atoms with van der Waals surface area (Å²) in [7, 11) is 0. The molecule has 4 heteroatoms. The van der Waals surface area contributed by atoms with E-state index >= 15 is 0 Å². The van der Waals surface area contributed by atoms with Crippen LogP contribution >= 0.6 is 0 Å². The first-order chi connectivity index (χ1) is 7.58. The van der Waals surface area contributed by atoms with Crippen molar-refractivity contribution in [3.63, 3.8) is 0 Å². The number of pyridine rings is 1. The summed E-state index contributed by atoms with van der Waals surface area (Å²) in [6, 6.07) is 3.01. The Bertz CT molecular complexity index is 368. The molecule has 1 saturated heterocycles. The van der Waals surface area contributed by atoms with E-state index in [1.165, 1.54) is 6.07 Å². The van der Waals surface area contributed by atoms with Gasteiger partial charge in [0.15, 0.2) is 11.6 Å². The van der Waals surface area contributed by atoms with Gasteiger partial charge in [-0.3, -0.25) is 0 Å². The highest BCUT2D eigenvalue weighted by molar-refractivity contribution is 5.39. The van der Waals surface area contributed by atoms with Crippen molar-refractivity contribution in [2.75, 3.05) is 18.0 Å². The zero-order valence-corrected chi connectivity index (χ0v) is 9.49. The summed E-state index contributed by atoms with van der Waals surface area (Å²) in [6.45, 7) is 3.25. The largest absolute Gasteiger partial charge is 0.390 e. The van der Waals surface area contributed by atoms with Gasteiger partial charge in [-0.05, 0) is 38.3 Å². The highest BCUT2D eigenvalue weighted by Gasteiger charge is 2.26. The van der Waals surface area contributed by atoms with Crippen molar-refractivity contribution in [2.45, 2.75) is 31.8 Å². The maximum atomic E-state index is 13.5. The quantitative estimate of drug-likeness (QED) is 0.792. The summed E-state index contributed by atoms with van der Waals surface area (Å²) >= 11 is 0. The van der Waals surface area contributed by atoms with E-state index < -0.39 is 5.60 Å². The minimum atomic E-state index is -0.625. The predicted octanol–water partition coefficient (Wildman–Crippen LogP) is 1.96. The molecule has 0 amide bonds. The van der Waals surface area contributed by atoms with Gasteiger partial charge >= 0.3 is 0 Å². The third-order valence-corrected chi connectivity index (χ3v) is 3.10. The molecule has 0 spiro atoms. The van der Waals surface area contributed by atoms with Crippen molar-refractivity contribution in [2.24, 2.45) is 0 Å². The molecule has 88 valence electrons. The average molecular weight is 224 g/mol. The summed E-state index contributed by atoms with van der Waals surface area (Å²) in [4.78, 5) is 5.97. The van der Waals surface area contributed by atoms with Gasteiger partial charge < -0.3 is 10.0 Å². The molecule has 0 aliphatic carbocycles. The van der Waals surface area contributed by atoms with E-state index in [0.29, 0.717) is 18.8 Å². The monoisotopic (exact) mass is 224 g/mol. The van der Waals surface area contributed by atoms with Gasteiger partial charge in [0, 0.05) is 19.3 Å².